The van der Waals surface area contributed by atoms with Gasteiger partial charge in [-0.25, -0.2) is 9.79 Å². The monoisotopic (exact) mass is 406 g/mol. The first-order chi connectivity index (χ1) is 11.5. The molecule has 120 valence electrons. The molecule has 0 unspecified atom stereocenters. The minimum absolute atomic E-state index is 0.00179. The van der Waals surface area contributed by atoms with Crippen LogP contribution in [0, 0.1) is 10.1 Å². The van der Waals surface area contributed by atoms with E-state index in [4.69, 9.17) is 16.3 Å². The minimum atomic E-state index is -0.627. The van der Waals surface area contributed by atoms with E-state index in [1.165, 1.54) is 18.2 Å². The maximum absolute atomic E-state index is 12.0. The van der Waals surface area contributed by atoms with Crippen LogP contribution in [-0.4, -0.2) is 16.8 Å². The molecule has 0 radical (unpaired) electrons. The Morgan fingerprint density at radius 3 is 2.71 bits per heavy atom. The zero-order valence-corrected chi connectivity index (χ0v) is 14.2. The minimum Gasteiger partial charge on any atom is -0.402 e. The van der Waals surface area contributed by atoms with Crippen molar-refractivity contribution >= 4 is 51.2 Å². The third-order valence-electron chi connectivity index (χ3n) is 3.21. The summed E-state index contributed by atoms with van der Waals surface area (Å²) in [6.07, 6.45) is 1.57. The van der Waals surface area contributed by atoms with Crippen molar-refractivity contribution < 1.29 is 14.5 Å². The van der Waals surface area contributed by atoms with E-state index in [0.717, 1.165) is 10.0 Å². The Morgan fingerprint density at radius 2 is 2.00 bits per heavy atom. The zero-order chi connectivity index (χ0) is 17.3. The Hall–Kier alpha value is -2.51. The van der Waals surface area contributed by atoms with Crippen molar-refractivity contribution in [3.63, 3.8) is 0 Å². The molecule has 0 aromatic heterocycles. The fourth-order valence-electron chi connectivity index (χ4n) is 2.06. The fourth-order valence-corrected chi connectivity index (χ4v) is 2.64. The summed E-state index contributed by atoms with van der Waals surface area (Å²) in [5.41, 5.74) is 0.886. The third kappa shape index (κ3) is 3.22. The molecule has 0 aliphatic carbocycles. The maximum Gasteiger partial charge on any atom is 0.363 e. The molecular weight excluding hydrogens is 400 g/mol. The van der Waals surface area contributed by atoms with Crippen LogP contribution in [0.2, 0.25) is 5.02 Å². The van der Waals surface area contributed by atoms with Crippen LogP contribution >= 0.6 is 27.5 Å². The van der Waals surface area contributed by atoms with E-state index in [1.807, 2.05) is 24.3 Å². The summed E-state index contributed by atoms with van der Waals surface area (Å²) in [7, 11) is 0. The molecule has 0 N–H and O–H groups in total. The van der Waals surface area contributed by atoms with Crippen molar-refractivity contribution in [3.8, 4) is 0 Å². The number of carbonyl (C=O) groups excluding carboxylic acids is 1. The van der Waals surface area contributed by atoms with Crippen LogP contribution < -0.4 is 0 Å². The molecule has 3 rings (SSSR count). The fraction of sp³-hybridized carbons (Fsp3) is 0. The highest BCUT2D eigenvalue weighted by Crippen LogP contribution is 2.28. The first-order valence-electron chi connectivity index (χ1n) is 6.67. The summed E-state index contributed by atoms with van der Waals surface area (Å²) in [6, 6.07) is 11.4. The lowest BCUT2D eigenvalue weighted by atomic mass is 10.2. The van der Waals surface area contributed by atoms with Gasteiger partial charge in [0, 0.05) is 16.1 Å². The van der Waals surface area contributed by atoms with Gasteiger partial charge in [-0.05, 0) is 29.8 Å². The Kier molecular flexibility index (Phi) is 4.46. The van der Waals surface area contributed by atoms with Crippen molar-refractivity contribution in [2.45, 2.75) is 0 Å². The molecule has 2 aromatic rings. The summed E-state index contributed by atoms with van der Waals surface area (Å²) in [5.74, 6) is -0.628. The molecule has 6 nitrogen and oxygen atoms in total. The normalized spacial score (nSPS) is 15.3. The van der Waals surface area contributed by atoms with E-state index in [9.17, 15) is 14.9 Å². The van der Waals surface area contributed by atoms with E-state index in [2.05, 4.69) is 20.9 Å². The van der Waals surface area contributed by atoms with Crippen molar-refractivity contribution in [1.82, 2.24) is 0 Å². The molecule has 0 bridgehead atoms. The molecule has 2 aromatic carbocycles. The molecule has 0 fully saturated rings. The van der Waals surface area contributed by atoms with Crippen LogP contribution in [-0.2, 0) is 9.53 Å². The topological polar surface area (TPSA) is 81.8 Å². The Bertz CT molecular complexity index is 924. The standard InChI is InChI=1S/C16H8BrClN2O4/c17-11-4-2-1-3-9(11)7-13-16(21)24-15(19-13)10-5-6-12(18)14(8-10)20(22)23/h1-8H/b13-7-. The number of nitro groups is 1. The van der Waals surface area contributed by atoms with Crippen LogP contribution in [0.1, 0.15) is 11.1 Å². The number of benzene rings is 2. The maximum atomic E-state index is 12.0. The quantitative estimate of drug-likeness (QED) is 0.328. The van der Waals surface area contributed by atoms with Crippen molar-refractivity contribution in [2.75, 3.05) is 0 Å². The molecule has 1 heterocycles. The van der Waals surface area contributed by atoms with Gasteiger partial charge in [-0.3, -0.25) is 10.1 Å². The number of hydrogen-bond donors (Lipinski definition) is 0. The molecule has 1 aliphatic rings. The molecule has 0 saturated heterocycles. The number of nitro benzene ring substituents is 1. The second kappa shape index (κ2) is 6.54. The number of aliphatic imine (C=N–C) groups is 1. The zero-order valence-electron chi connectivity index (χ0n) is 11.9. The number of ether oxygens (including phenoxy) is 1. The molecule has 0 saturated carbocycles. The number of esters is 1. The van der Waals surface area contributed by atoms with Gasteiger partial charge in [-0.15, -0.1) is 0 Å². The average molecular weight is 408 g/mol. The van der Waals surface area contributed by atoms with Crippen LogP contribution in [0.15, 0.2) is 57.6 Å². The van der Waals surface area contributed by atoms with Crippen molar-refractivity contribution in [3.05, 3.63) is 78.9 Å². The number of halogens is 2. The first-order valence-corrected chi connectivity index (χ1v) is 7.84. The Morgan fingerprint density at radius 1 is 1.25 bits per heavy atom. The van der Waals surface area contributed by atoms with E-state index in [0.29, 0.717) is 5.56 Å². The van der Waals surface area contributed by atoms with Crippen molar-refractivity contribution in [1.29, 1.82) is 0 Å². The molecule has 0 spiro atoms. The van der Waals surface area contributed by atoms with Crippen LogP contribution in [0.25, 0.3) is 6.08 Å². The number of nitrogens with zero attached hydrogens (tertiary/aromatic N) is 2. The molecule has 1 aliphatic heterocycles. The smallest absolute Gasteiger partial charge is 0.363 e. The molecule has 24 heavy (non-hydrogen) atoms. The molecule has 0 atom stereocenters. The molecule has 0 amide bonds. The SMILES string of the molecule is O=C1OC(c2ccc(Cl)c([N+](=O)[O-])c2)=N/C1=C\c1ccccc1Br. The van der Waals surface area contributed by atoms with E-state index >= 15 is 0 Å². The van der Waals surface area contributed by atoms with Crippen LogP contribution in [0.5, 0.6) is 0 Å². The summed E-state index contributed by atoms with van der Waals surface area (Å²) >= 11 is 9.16. The van der Waals surface area contributed by atoms with Gasteiger partial charge in [0.1, 0.15) is 5.02 Å². The number of cyclic esters (lactones) is 1. The van der Waals surface area contributed by atoms with Crippen LogP contribution in [0.3, 0.4) is 0 Å². The lowest BCUT2D eigenvalue weighted by Gasteiger charge is -2.00. The van der Waals surface area contributed by atoms with Gasteiger partial charge in [-0.2, -0.15) is 0 Å². The van der Waals surface area contributed by atoms with Gasteiger partial charge in [0.25, 0.3) is 5.69 Å². The summed E-state index contributed by atoms with van der Waals surface area (Å²) < 4.78 is 5.91. The van der Waals surface area contributed by atoms with Crippen LogP contribution in [0.4, 0.5) is 5.69 Å². The summed E-state index contributed by atoms with van der Waals surface area (Å²) in [4.78, 5) is 26.4. The third-order valence-corrected chi connectivity index (χ3v) is 4.25. The predicted molar refractivity (Wildman–Crippen MR) is 92.9 cm³/mol. The van der Waals surface area contributed by atoms with Gasteiger partial charge >= 0.3 is 5.97 Å². The highest BCUT2D eigenvalue weighted by molar-refractivity contribution is 9.10. The lowest BCUT2D eigenvalue weighted by Crippen LogP contribution is -2.06. The largest absolute Gasteiger partial charge is 0.402 e. The molecule has 8 heteroatoms. The predicted octanol–water partition coefficient (Wildman–Crippen LogP) is 4.36. The summed E-state index contributed by atoms with van der Waals surface area (Å²) in [5, 5.41) is 11.0. The van der Waals surface area contributed by atoms with E-state index in [1.54, 1.807) is 6.08 Å². The van der Waals surface area contributed by atoms with Gasteiger partial charge in [0.2, 0.25) is 5.90 Å². The van der Waals surface area contributed by atoms with Gasteiger partial charge in [0.05, 0.1) is 4.92 Å². The highest BCUT2D eigenvalue weighted by atomic mass is 79.9. The number of rotatable bonds is 3. The van der Waals surface area contributed by atoms with Gasteiger partial charge < -0.3 is 4.74 Å². The first kappa shape index (κ1) is 16.4. The lowest BCUT2D eigenvalue weighted by molar-refractivity contribution is -0.384. The van der Waals surface area contributed by atoms with Gasteiger partial charge in [-0.1, -0.05) is 45.7 Å². The van der Waals surface area contributed by atoms with E-state index in [-0.39, 0.29) is 22.3 Å². The Balaban J connectivity index is 2.00. The van der Waals surface area contributed by atoms with Crippen molar-refractivity contribution in [2.24, 2.45) is 4.99 Å². The van der Waals surface area contributed by atoms with E-state index < -0.39 is 10.9 Å². The molecular formula is C16H8BrClN2O4. The second-order valence-electron chi connectivity index (χ2n) is 4.78. The average Bonchev–Trinajstić information content (AvgIpc) is 2.91. The summed E-state index contributed by atoms with van der Waals surface area (Å²) in [6.45, 7) is 0. The Labute approximate surface area is 149 Å². The number of carbonyl (C=O) groups is 1. The van der Waals surface area contributed by atoms with Gasteiger partial charge in [0.15, 0.2) is 5.70 Å². The second-order valence-corrected chi connectivity index (χ2v) is 6.04. The number of hydrogen-bond acceptors (Lipinski definition) is 5. The highest BCUT2D eigenvalue weighted by Gasteiger charge is 2.26.